The van der Waals surface area contributed by atoms with Crippen LogP contribution < -0.4 is 10.5 Å². The van der Waals surface area contributed by atoms with Crippen LogP contribution in [0.25, 0.3) is 0 Å². The molecular weight excluding hydrogens is 319 g/mol. The van der Waals surface area contributed by atoms with Gasteiger partial charge >= 0.3 is 0 Å². The molecule has 0 amide bonds. The van der Waals surface area contributed by atoms with E-state index in [-0.39, 0.29) is 32.5 Å². The Morgan fingerprint density at radius 1 is 1.15 bits per heavy atom. The highest BCUT2D eigenvalue weighted by molar-refractivity contribution is 7.89. The van der Waals surface area contributed by atoms with E-state index in [4.69, 9.17) is 28.9 Å². The van der Waals surface area contributed by atoms with E-state index in [1.54, 1.807) is 0 Å². The van der Waals surface area contributed by atoms with Crippen molar-refractivity contribution in [1.82, 2.24) is 4.72 Å². The molecule has 0 unspecified atom stereocenters. The van der Waals surface area contributed by atoms with Gasteiger partial charge in [0.25, 0.3) is 0 Å². The standard InChI is InChI=1S/C13H18Cl2N2O2S/c1-12(2)11(13(12,3)4)17-20(18,19)10-8(15)5-7(14)6-9(10)16/h5-6,11,17H,16H2,1-4H3. The number of anilines is 1. The zero-order chi connectivity index (χ0) is 15.5. The summed E-state index contributed by atoms with van der Waals surface area (Å²) in [4.78, 5) is -0.109. The molecule has 1 aromatic carbocycles. The molecule has 1 aliphatic rings. The van der Waals surface area contributed by atoms with E-state index >= 15 is 0 Å². The molecule has 1 saturated carbocycles. The van der Waals surface area contributed by atoms with Gasteiger partial charge in [-0.3, -0.25) is 0 Å². The lowest BCUT2D eigenvalue weighted by molar-refractivity contribution is 0.457. The SMILES string of the molecule is CC1(C)C(NS(=O)(=O)c2c(N)cc(Cl)cc2Cl)C1(C)C. The first kappa shape index (κ1) is 15.9. The van der Waals surface area contributed by atoms with E-state index in [1.165, 1.54) is 12.1 Å². The summed E-state index contributed by atoms with van der Waals surface area (Å²) < 4.78 is 27.7. The van der Waals surface area contributed by atoms with Gasteiger partial charge < -0.3 is 5.73 Å². The van der Waals surface area contributed by atoms with E-state index < -0.39 is 10.0 Å². The zero-order valence-corrected chi connectivity index (χ0v) is 14.1. The Labute approximate surface area is 129 Å². The van der Waals surface area contributed by atoms with Crippen LogP contribution in [0.4, 0.5) is 5.69 Å². The van der Waals surface area contributed by atoms with E-state index in [0.29, 0.717) is 5.02 Å². The van der Waals surface area contributed by atoms with Gasteiger partial charge in [-0.25, -0.2) is 13.1 Å². The largest absolute Gasteiger partial charge is 0.398 e. The van der Waals surface area contributed by atoms with Crippen LogP contribution in [-0.2, 0) is 10.0 Å². The van der Waals surface area contributed by atoms with Gasteiger partial charge in [0.05, 0.1) is 10.7 Å². The number of rotatable bonds is 3. The summed E-state index contributed by atoms with van der Waals surface area (Å²) in [5, 5.41) is 0.331. The molecule has 112 valence electrons. The fraction of sp³-hybridized carbons (Fsp3) is 0.538. The third-order valence-electron chi connectivity index (χ3n) is 4.60. The third-order valence-corrected chi connectivity index (χ3v) is 6.77. The Balaban J connectivity index is 2.39. The second-order valence-electron chi connectivity index (χ2n) is 6.30. The molecule has 0 saturated heterocycles. The predicted molar refractivity (Wildman–Crippen MR) is 82.5 cm³/mol. The Morgan fingerprint density at radius 2 is 1.65 bits per heavy atom. The maximum absolute atomic E-state index is 12.5. The Hall–Kier alpha value is -0.490. The first-order chi connectivity index (χ1) is 8.91. The average molecular weight is 337 g/mol. The van der Waals surface area contributed by atoms with Crippen LogP contribution in [-0.4, -0.2) is 14.5 Å². The number of nitrogen functional groups attached to an aromatic ring is 1. The van der Waals surface area contributed by atoms with E-state index in [1.807, 2.05) is 27.7 Å². The number of hydrogen-bond acceptors (Lipinski definition) is 3. The fourth-order valence-corrected chi connectivity index (χ4v) is 5.08. The summed E-state index contributed by atoms with van der Waals surface area (Å²) in [6.45, 7) is 8.08. The molecule has 3 N–H and O–H groups in total. The van der Waals surface area contributed by atoms with Crippen molar-refractivity contribution in [1.29, 1.82) is 0 Å². The Bertz CT molecular complexity index is 632. The summed E-state index contributed by atoms with van der Waals surface area (Å²) in [5.74, 6) is 0. The van der Waals surface area contributed by atoms with Crippen LogP contribution in [0.3, 0.4) is 0 Å². The molecule has 0 atom stereocenters. The second-order valence-corrected chi connectivity index (χ2v) is 8.80. The number of nitrogens with one attached hydrogen (secondary N) is 1. The summed E-state index contributed by atoms with van der Waals surface area (Å²) >= 11 is 11.8. The molecule has 0 aliphatic heterocycles. The number of hydrogen-bond donors (Lipinski definition) is 2. The summed E-state index contributed by atoms with van der Waals surface area (Å²) in [6.07, 6.45) is 0. The van der Waals surface area contributed by atoms with Crippen LogP contribution >= 0.6 is 23.2 Å². The highest BCUT2D eigenvalue weighted by atomic mass is 35.5. The summed E-state index contributed by atoms with van der Waals surface area (Å²) in [5.41, 5.74) is 5.56. The summed E-state index contributed by atoms with van der Waals surface area (Å²) in [6, 6.07) is 2.59. The molecule has 7 heteroatoms. The first-order valence-corrected chi connectivity index (χ1v) is 8.42. The number of halogens is 2. The number of benzene rings is 1. The van der Waals surface area contributed by atoms with Gasteiger partial charge in [0.1, 0.15) is 4.90 Å². The average Bonchev–Trinajstić information content (AvgIpc) is 2.58. The molecule has 4 nitrogen and oxygen atoms in total. The Kier molecular flexibility index (Phi) is 3.58. The van der Waals surface area contributed by atoms with E-state index in [2.05, 4.69) is 4.72 Å². The van der Waals surface area contributed by atoms with Crippen LogP contribution in [0, 0.1) is 10.8 Å². The molecule has 20 heavy (non-hydrogen) atoms. The molecule has 0 spiro atoms. The predicted octanol–water partition coefficient (Wildman–Crippen LogP) is 3.29. The van der Waals surface area contributed by atoms with Crippen LogP contribution in [0.5, 0.6) is 0 Å². The normalized spacial score (nSPS) is 20.9. The van der Waals surface area contributed by atoms with Crippen molar-refractivity contribution < 1.29 is 8.42 Å². The Morgan fingerprint density at radius 3 is 2.05 bits per heavy atom. The maximum Gasteiger partial charge on any atom is 0.244 e. The van der Waals surface area contributed by atoms with Crippen molar-refractivity contribution in [3.8, 4) is 0 Å². The van der Waals surface area contributed by atoms with Crippen molar-refractivity contribution >= 4 is 38.9 Å². The van der Waals surface area contributed by atoms with Crippen LogP contribution in [0.2, 0.25) is 10.0 Å². The highest BCUT2D eigenvalue weighted by Gasteiger charge is 2.66. The van der Waals surface area contributed by atoms with Crippen molar-refractivity contribution in [2.45, 2.75) is 38.6 Å². The lowest BCUT2D eigenvalue weighted by Crippen LogP contribution is -2.30. The van der Waals surface area contributed by atoms with Gasteiger partial charge in [0, 0.05) is 11.1 Å². The van der Waals surface area contributed by atoms with Gasteiger partial charge in [-0.05, 0) is 23.0 Å². The topological polar surface area (TPSA) is 72.2 Å². The van der Waals surface area contributed by atoms with Gasteiger partial charge in [-0.2, -0.15) is 0 Å². The van der Waals surface area contributed by atoms with Crippen molar-refractivity contribution in [2.24, 2.45) is 10.8 Å². The quantitative estimate of drug-likeness (QED) is 0.832. The van der Waals surface area contributed by atoms with Crippen molar-refractivity contribution in [2.75, 3.05) is 5.73 Å². The first-order valence-electron chi connectivity index (χ1n) is 6.18. The smallest absolute Gasteiger partial charge is 0.244 e. The molecule has 0 aromatic heterocycles. The molecule has 0 radical (unpaired) electrons. The number of sulfonamides is 1. The highest BCUT2D eigenvalue weighted by Crippen LogP contribution is 2.63. The molecule has 2 rings (SSSR count). The van der Waals surface area contributed by atoms with Gasteiger partial charge in [0.15, 0.2) is 0 Å². The van der Waals surface area contributed by atoms with Gasteiger partial charge in [0.2, 0.25) is 10.0 Å². The van der Waals surface area contributed by atoms with E-state index in [0.717, 1.165) is 0 Å². The fourth-order valence-electron chi connectivity index (χ4n) is 2.57. The molecule has 1 aliphatic carbocycles. The third kappa shape index (κ3) is 2.30. The van der Waals surface area contributed by atoms with Gasteiger partial charge in [-0.1, -0.05) is 50.9 Å². The lowest BCUT2D eigenvalue weighted by Gasteiger charge is -2.12. The summed E-state index contributed by atoms with van der Waals surface area (Å²) in [7, 11) is -3.78. The molecule has 1 fully saturated rings. The molecule has 0 bridgehead atoms. The van der Waals surface area contributed by atoms with E-state index in [9.17, 15) is 8.42 Å². The second kappa shape index (κ2) is 4.50. The zero-order valence-electron chi connectivity index (χ0n) is 11.8. The monoisotopic (exact) mass is 336 g/mol. The van der Waals surface area contributed by atoms with Gasteiger partial charge in [-0.15, -0.1) is 0 Å². The van der Waals surface area contributed by atoms with Crippen LogP contribution in [0.15, 0.2) is 17.0 Å². The van der Waals surface area contributed by atoms with Crippen molar-refractivity contribution in [3.05, 3.63) is 22.2 Å². The molecular formula is C13H18Cl2N2O2S. The minimum atomic E-state index is -3.78. The minimum absolute atomic E-state index is 0.0266. The number of nitrogens with two attached hydrogens (primary N) is 1. The lowest BCUT2D eigenvalue weighted by atomic mass is 10.0. The minimum Gasteiger partial charge on any atom is -0.398 e. The van der Waals surface area contributed by atoms with Crippen LogP contribution in [0.1, 0.15) is 27.7 Å². The maximum atomic E-state index is 12.5. The molecule has 1 aromatic rings. The van der Waals surface area contributed by atoms with Crippen molar-refractivity contribution in [3.63, 3.8) is 0 Å². The molecule has 0 heterocycles.